The fourth-order valence-corrected chi connectivity index (χ4v) is 2.61. The number of hydrogen-bond acceptors (Lipinski definition) is 2. The van der Waals surface area contributed by atoms with Crippen molar-refractivity contribution < 1.29 is 4.74 Å². The summed E-state index contributed by atoms with van der Waals surface area (Å²) in [6, 6.07) is 3.88. The van der Waals surface area contributed by atoms with Gasteiger partial charge in [0.15, 0.2) is 0 Å². The van der Waals surface area contributed by atoms with Crippen LogP contribution in [0.25, 0.3) is 10.1 Å². The molecule has 1 heterocycles. The first-order valence-corrected chi connectivity index (χ1v) is 5.27. The fourth-order valence-electron chi connectivity index (χ4n) is 1.17. The minimum absolute atomic E-state index is 0.485. The molecular formula is C9H6Cl2OS. The first kappa shape index (κ1) is 9.13. The van der Waals surface area contributed by atoms with Gasteiger partial charge in [-0.05, 0) is 22.9 Å². The number of rotatable bonds is 1. The first-order valence-electron chi connectivity index (χ1n) is 3.63. The Morgan fingerprint density at radius 2 is 2.08 bits per heavy atom. The van der Waals surface area contributed by atoms with Crippen LogP contribution in [0.2, 0.25) is 10.0 Å². The van der Waals surface area contributed by atoms with Crippen molar-refractivity contribution in [2.75, 3.05) is 7.11 Å². The molecular weight excluding hydrogens is 227 g/mol. The van der Waals surface area contributed by atoms with Crippen LogP contribution < -0.4 is 4.74 Å². The maximum atomic E-state index is 6.05. The van der Waals surface area contributed by atoms with Crippen molar-refractivity contribution in [1.29, 1.82) is 0 Å². The lowest BCUT2D eigenvalue weighted by Crippen LogP contribution is -1.84. The molecule has 0 radical (unpaired) electrons. The van der Waals surface area contributed by atoms with Gasteiger partial charge in [0.1, 0.15) is 10.8 Å². The molecule has 0 spiro atoms. The van der Waals surface area contributed by atoms with Crippen LogP contribution in [0.15, 0.2) is 17.5 Å². The SMILES string of the molecule is COc1cc2ccsc2c(Cl)c1Cl. The van der Waals surface area contributed by atoms with E-state index in [0.29, 0.717) is 15.8 Å². The van der Waals surface area contributed by atoms with Crippen LogP contribution in [0.3, 0.4) is 0 Å². The zero-order valence-corrected chi connectivity index (χ0v) is 9.13. The molecule has 0 fully saturated rings. The number of ether oxygens (including phenoxy) is 1. The summed E-state index contributed by atoms with van der Waals surface area (Å²) in [5, 5.41) is 4.10. The molecule has 2 aromatic rings. The topological polar surface area (TPSA) is 9.23 Å². The number of benzene rings is 1. The van der Waals surface area contributed by atoms with Crippen molar-refractivity contribution in [1.82, 2.24) is 0 Å². The van der Waals surface area contributed by atoms with Crippen molar-refractivity contribution >= 4 is 44.6 Å². The van der Waals surface area contributed by atoms with E-state index in [9.17, 15) is 0 Å². The lowest BCUT2D eigenvalue weighted by Gasteiger charge is -2.04. The molecule has 13 heavy (non-hydrogen) atoms. The zero-order chi connectivity index (χ0) is 9.42. The van der Waals surface area contributed by atoms with Crippen LogP contribution in [0.4, 0.5) is 0 Å². The second-order valence-corrected chi connectivity index (χ2v) is 4.22. The van der Waals surface area contributed by atoms with Gasteiger partial charge in [-0.2, -0.15) is 0 Å². The third kappa shape index (κ3) is 1.39. The summed E-state index contributed by atoms with van der Waals surface area (Å²) in [5.74, 6) is 0.623. The molecule has 0 saturated heterocycles. The predicted molar refractivity (Wildman–Crippen MR) is 58.4 cm³/mol. The number of halogens is 2. The molecule has 68 valence electrons. The minimum atomic E-state index is 0.485. The second-order valence-electron chi connectivity index (χ2n) is 2.55. The van der Waals surface area contributed by atoms with Crippen LogP contribution in [0, 0.1) is 0 Å². The van der Waals surface area contributed by atoms with Gasteiger partial charge in [-0.25, -0.2) is 0 Å². The van der Waals surface area contributed by atoms with E-state index in [4.69, 9.17) is 27.9 Å². The summed E-state index contributed by atoms with van der Waals surface area (Å²) in [6.45, 7) is 0. The zero-order valence-electron chi connectivity index (χ0n) is 6.80. The van der Waals surface area contributed by atoms with Crippen LogP contribution >= 0.6 is 34.5 Å². The highest BCUT2D eigenvalue weighted by atomic mass is 35.5. The molecule has 1 aromatic heterocycles. The van der Waals surface area contributed by atoms with Gasteiger partial charge in [0.05, 0.1) is 16.8 Å². The predicted octanol–water partition coefficient (Wildman–Crippen LogP) is 4.22. The standard InChI is InChI=1S/C9H6Cl2OS/c1-12-6-4-5-2-3-13-9(5)8(11)7(6)10/h2-4H,1H3. The Labute approximate surface area is 89.8 Å². The third-order valence-corrected chi connectivity index (χ3v) is 3.72. The van der Waals surface area contributed by atoms with Crippen LogP contribution in [-0.2, 0) is 0 Å². The molecule has 0 aliphatic carbocycles. The summed E-state index contributed by atoms with van der Waals surface area (Å²) in [7, 11) is 1.58. The molecule has 0 aliphatic rings. The summed E-state index contributed by atoms with van der Waals surface area (Å²) >= 11 is 13.6. The molecule has 1 nitrogen and oxygen atoms in total. The molecule has 0 unspecified atom stereocenters. The van der Waals surface area contributed by atoms with Gasteiger partial charge in [-0.15, -0.1) is 11.3 Å². The normalized spacial score (nSPS) is 10.7. The Bertz CT molecular complexity index is 450. The Hall–Kier alpha value is -0.440. The highest BCUT2D eigenvalue weighted by Crippen LogP contribution is 2.40. The monoisotopic (exact) mass is 232 g/mol. The third-order valence-electron chi connectivity index (χ3n) is 1.81. The van der Waals surface area contributed by atoms with E-state index >= 15 is 0 Å². The van der Waals surface area contributed by atoms with Crippen molar-refractivity contribution in [3.05, 3.63) is 27.6 Å². The molecule has 2 rings (SSSR count). The average molecular weight is 233 g/mol. The molecule has 0 saturated carbocycles. The number of fused-ring (bicyclic) bond motifs is 1. The van der Waals surface area contributed by atoms with Gasteiger partial charge in [0, 0.05) is 0 Å². The maximum absolute atomic E-state index is 6.05. The van der Waals surface area contributed by atoms with E-state index in [1.807, 2.05) is 17.5 Å². The summed E-state index contributed by atoms with van der Waals surface area (Å²) in [6.07, 6.45) is 0. The number of thiophene rings is 1. The van der Waals surface area contributed by atoms with Gasteiger partial charge in [0.2, 0.25) is 0 Å². The Morgan fingerprint density at radius 3 is 2.77 bits per heavy atom. The highest BCUT2D eigenvalue weighted by Gasteiger charge is 2.10. The van der Waals surface area contributed by atoms with E-state index in [2.05, 4.69) is 0 Å². The van der Waals surface area contributed by atoms with Crippen molar-refractivity contribution in [3.63, 3.8) is 0 Å². The van der Waals surface area contributed by atoms with E-state index in [0.717, 1.165) is 10.1 Å². The second kappa shape index (κ2) is 3.37. The van der Waals surface area contributed by atoms with Gasteiger partial charge in [0.25, 0.3) is 0 Å². The molecule has 4 heteroatoms. The number of hydrogen-bond donors (Lipinski definition) is 0. The quantitative estimate of drug-likeness (QED) is 0.716. The van der Waals surface area contributed by atoms with Gasteiger partial charge < -0.3 is 4.74 Å². The lowest BCUT2D eigenvalue weighted by atomic mass is 10.2. The van der Waals surface area contributed by atoms with E-state index < -0.39 is 0 Å². The highest BCUT2D eigenvalue weighted by molar-refractivity contribution is 7.18. The summed E-state index contributed by atoms with van der Waals surface area (Å²) in [5.41, 5.74) is 0. The first-order chi connectivity index (χ1) is 6.24. The fraction of sp³-hybridized carbons (Fsp3) is 0.111. The Morgan fingerprint density at radius 1 is 1.31 bits per heavy atom. The molecule has 1 aromatic carbocycles. The average Bonchev–Trinajstić information content (AvgIpc) is 2.59. The molecule has 0 bridgehead atoms. The maximum Gasteiger partial charge on any atom is 0.139 e. The largest absolute Gasteiger partial charge is 0.495 e. The van der Waals surface area contributed by atoms with Crippen LogP contribution in [0.1, 0.15) is 0 Å². The molecule has 0 amide bonds. The Kier molecular flexibility index (Phi) is 2.37. The lowest BCUT2D eigenvalue weighted by molar-refractivity contribution is 0.415. The molecule has 0 aliphatic heterocycles. The van der Waals surface area contributed by atoms with Crippen LogP contribution in [0.5, 0.6) is 5.75 Å². The Balaban J connectivity index is 2.83. The van der Waals surface area contributed by atoms with Crippen LogP contribution in [-0.4, -0.2) is 7.11 Å². The summed E-state index contributed by atoms with van der Waals surface area (Å²) in [4.78, 5) is 0. The summed E-state index contributed by atoms with van der Waals surface area (Å²) < 4.78 is 6.10. The van der Waals surface area contributed by atoms with E-state index in [-0.39, 0.29) is 0 Å². The van der Waals surface area contributed by atoms with Gasteiger partial charge >= 0.3 is 0 Å². The molecule has 0 atom stereocenters. The van der Waals surface area contributed by atoms with Gasteiger partial charge in [-0.1, -0.05) is 23.2 Å². The molecule has 0 N–H and O–H groups in total. The van der Waals surface area contributed by atoms with Crippen molar-refractivity contribution in [2.45, 2.75) is 0 Å². The number of methoxy groups -OCH3 is 1. The smallest absolute Gasteiger partial charge is 0.139 e. The van der Waals surface area contributed by atoms with Crippen molar-refractivity contribution in [3.8, 4) is 5.75 Å². The minimum Gasteiger partial charge on any atom is -0.495 e. The van der Waals surface area contributed by atoms with Crippen molar-refractivity contribution in [2.24, 2.45) is 0 Å². The van der Waals surface area contributed by atoms with E-state index in [1.165, 1.54) is 0 Å². The van der Waals surface area contributed by atoms with E-state index in [1.54, 1.807) is 18.4 Å². The van der Waals surface area contributed by atoms with Gasteiger partial charge in [-0.3, -0.25) is 0 Å².